The normalized spacial score (nSPS) is 12.7. The van der Waals surface area contributed by atoms with Gasteiger partial charge in [0.25, 0.3) is 0 Å². The summed E-state index contributed by atoms with van der Waals surface area (Å²) in [5, 5.41) is 12.0. The number of nitrogens with one attached hydrogen (secondary N) is 1. The van der Waals surface area contributed by atoms with Gasteiger partial charge in [-0.3, -0.25) is 0 Å². The van der Waals surface area contributed by atoms with Crippen molar-refractivity contribution in [2.75, 3.05) is 0 Å². The standard InChI is InChI=1S/C23H31NO5Si/c1-23(2,3)30(4,5)29-19-13-11-17(12-14-19)15-20(21(25)26)24-22(27)28-16-18-9-7-6-8-10-18/h6-14,20H,15-16H2,1-5H3,(H,24,27)(H,25,26). The Labute approximate surface area is 179 Å². The monoisotopic (exact) mass is 429 g/mol. The molecule has 6 nitrogen and oxygen atoms in total. The van der Waals surface area contributed by atoms with Crippen LogP contribution in [0.15, 0.2) is 54.6 Å². The lowest BCUT2D eigenvalue weighted by molar-refractivity contribution is -0.139. The highest BCUT2D eigenvalue weighted by Crippen LogP contribution is 2.37. The predicted molar refractivity (Wildman–Crippen MR) is 119 cm³/mol. The Morgan fingerprint density at radius 1 is 1.00 bits per heavy atom. The molecule has 0 heterocycles. The van der Waals surface area contributed by atoms with E-state index in [-0.39, 0.29) is 18.1 Å². The van der Waals surface area contributed by atoms with Gasteiger partial charge in [0.15, 0.2) is 0 Å². The fraction of sp³-hybridized carbons (Fsp3) is 0.391. The fourth-order valence-electron chi connectivity index (χ4n) is 2.48. The lowest BCUT2D eigenvalue weighted by Crippen LogP contribution is -2.43. The zero-order chi connectivity index (χ0) is 22.4. The summed E-state index contributed by atoms with van der Waals surface area (Å²) < 4.78 is 11.4. The molecule has 0 bridgehead atoms. The molecule has 1 unspecified atom stereocenters. The van der Waals surface area contributed by atoms with Crippen molar-refractivity contribution in [2.24, 2.45) is 0 Å². The van der Waals surface area contributed by atoms with E-state index in [4.69, 9.17) is 9.16 Å². The van der Waals surface area contributed by atoms with Crippen LogP contribution in [0.3, 0.4) is 0 Å². The van der Waals surface area contributed by atoms with Crippen LogP contribution in [0.5, 0.6) is 5.75 Å². The molecular weight excluding hydrogens is 398 g/mol. The molecule has 1 amide bonds. The van der Waals surface area contributed by atoms with E-state index < -0.39 is 26.4 Å². The number of benzene rings is 2. The number of ether oxygens (including phenoxy) is 1. The maximum atomic E-state index is 12.0. The lowest BCUT2D eigenvalue weighted by atomic mass is 10.1. The molecule has 2 N–H and O–H groups in total. The van der Waals surface area contributed by atoms with Gasteiger partial charge in [-0.2, -0.15) is 0 Å². The lowest BCUT2D eigenvalue weighted by Gasteiger charge is -2.36. The summed E-state index contributed by atoms with van der Waals surface area (Å²) in [6, 6.07) is 15.5. The highest BCUT2D eigenvalue weighted by Gasteiger charge is 2.38. The van der Waals surface area contributed by atoms with Crippen LogP contribution in [0.4, 0.5) is 4.79 Å². The third kappa shape index (κ3) is 6.91. The van der Waals surface area contributed by atoms with Gasteiger partial charge in [-0.15, -0.1) is 0 Å². The van der Waals surface area contributed by atoms with E-state index in [1.165, 1.54) is 0 Å². The molecule has 7 heteroatoms. The maximum Gasteiger partial charge on any atom is 0.408 e. The van der Waals surface area contributed by atoms with Gasteiger partial charge >= 0.3 is 12.1 Å². The molecule has 0 fully saturated rings. The van der Waals surface area contributed by atoms with Crippen molar-refractivity contribution in [3.63, 3.8) is 0 Å². The number of carbonyl (C=O) groups excluding carboxylic acids is 1. The number of carboxylic acids is 1. The number of carboxylic acid groups (broad SMARTS) is 1. The number of hydrogen-bond donors (Lipinski definition) is 2. The second kappa shape index (κ2) is 9.80. The van der Waals surface area contributed by atoms with Gasteiger partial charge in [-0.1, -0.05) is 63.2 Å². The van der Waals surface area contributed by atoms with Crippen LogP contribution in [0, 0.1) is 0 Å². The molecule has 2 aromatic carbocycles. The highest BCUT2D eigenvalue weighted by atomic mass is 28.4. The van der Waals surface area contributed by atoms with Crippen molar-refractivity contribution in [3.8, 4) is 5.75 Å². The third-order valence-electron chi connectivity index (χ3n) is 5.35. The van der Waals surface area contributed by atoms with Crippen LogP contribution >= 0.6 is 0 Å². The molecule has 0 aliphatic heterocycles. The Morgan fingerprint density at radius 2 is 1.60 bits per heavy atom. The smallest absolute Gasteiger partial charge is 0.408 e. The molecule has 2 rings (SSSR count). The molecule has 0 aliphatic carbocycles. The van der Waals surface area contributed by atoms with Crippen molar-refractivity contribution >= 4 is 20.4 Å². The Bertz CT molecular complexity index is 844. The maximum absolute atomic E-state index is 12.0. The average molecular weight is 430 g/mol. The molecule has 0 aromatic heterocycles. The van der Waals surface area contributed by atoms with Crippen LogP contribution < -0.4 is 9.74 Å². The Hall–Kier alpha value is -2.80. The van der Waals surface area contributed by atoms with Crippen LogP contribution in [0.1, 0.15) is 31.9 Å². The van der Waals surface area contributed by atoms with Gasteiger partial charge in [0.2, 0.25) is 8.32 Å². The van der Waals surface area contributed by atoms with Gasteiger partial charge in [-0.25, -0.2) is 9.59 Å². The Balaban J connectivity index is 1.94. The fourth-order valence-corrected chi connectivity index (χ4v) is 3.52. The van der Waals surface area contributed by atoms with Gasteiger partial charge in [0.05, 0.1) is 0 Å². The van der Waals surface area contributed by atoms with E-state index in [2.05, 4.69) is 39.2 Å². The highest BCUT2D eigenvalue weighted by molar-refractivity contribution is 6.74. The van der Waals surface area contributed by atoms with Crippen LogP contribution in [0.25, 0.3) is 0 Å². The molecule has 0 spiro atoms. The molecule has 0 saturated carbocycles. The summed E-state index contributed by atoms with van der Waals surface area (Å²) in [6.45, 7) is 11.0. The van der Waals surface area contributed by atoms with Crippen molar-refractivity contribution in [3.05, 3.63) is 65.7 Å². The number of alkyl carbamates (subject to hydrolysis) is 1. The number of rotatable bonds is 8. The van der Waals surface area contributed by atoms with Crippen LogP contribution in [-0.2, 0) is 22.6 Å². The summed E-state index contributed by atoms with van der Waals surface area (Å²) in [4.78, 5) is 23.6. The van der Waals surface area contributed by atoms with Crippen molar-refractivity contribution < 1.29 is 23.9 Å². The minimum absolute atomic E-state index is 0.0818. The van der Waals surface area contributed by atoms with E-state index in [1.54, 1.807) is 0 Å². The number of amides is 1. The minimum Gasteiger partial charge on any atom is -0.544 e. The van der Waals surface area contributed by atoms with E-state index in [0.717, 1.165) is 16.9 Å². The molecule has 30 heavy (non-hydrogen) atoms. The number of carbonyl (C=O) groups is 2. The average Bonchev–Trinajstić information content (AvgIpc) is 2.67. The minimum atomic E-state index is -1.94. The summed E-state index contributed by atoms with van der Waals surface area (Å²) >= 11 is 0. The van der Waals surface area contributed by atoms with Crippen molar-refractivity contribution in [2.45, 2.75) is 58.0 Å². The Kier molecular flexibility index (Phi) is 7.67. The van der Waals surface area contributed by atoms with Crippen LogP contribution in [0.2, 0.25) is 18.1 Å². The first kappa shape index (κ1) is 23.5. The number of aliphatic carboxylic acids is 1. The van der Waals surface area contributed by atoms with Crippen molar-refractivity contribution in [1.29, 1.82) is 0 Å². The van der Waals surface area contributed by atoms with E-state index in [9.17, 15) is 14.7 Å². The molecule has 0 aliphatic rings. The quantitative estimate of drug-likeness (QED) is 0.577. The SMILES string of the molecule is CC(C)(C)[Si](C)(C)Oc1ccc(CC(NC(=O)OCc2ccccc2)C(=O)O)cc1. The van der Waals surface area contributed by atoms with E-state index in [1.807, 2.05) is 54.6 Å². The van der Waals surface area contributed by atoms with Crippen LogP contribution in [-0.4, -0.2) is 31.5 Å². The molecule has 1 atom stereocenters. The second-order valence-corrected chi connectivity index (χ2v) is 13.5. The third-order valence-corrected chi connectivity index (χ3v) is 9.70. The first-order valence-electron chi connectivity index (χ1n) is 9.96. The molecular formula is C23H31NO5Si. The van der Waals surface area contributed by atoms with Gasteiger partial charge in [-0.05, 0) is 41.4 Å². The van der Waals surface area contributed by atoms with Gasteiger partial charge in [0, 0.05) is 6.42 Å². The van der Waals surface area contributed by atoms with Crippen molar-refractivity contribution in [1.82, 2.24) is 5.32 Å². The zero-order valence-corrected chi connectivity index (χ0v) is 19.3. The Morgan fingerprint density at radius 3 is 2.13 bits per heavy atom. The largest absolute Gasteiger partial charge is 0.544 e. The summed E-state index contributed by atoms with van der Waals surface area (Å²) in [5.41, 5.74) is 1.62. The van der Waals surface area contributed by atoms with Gasteiger partial charge < -0.3 is 19.6 Å². The summed E-state index contributed by atoms with van der Waals surface area (Å²) in [7, 11) is -1.94. The topological polar surface area (TPSA) is 84.9 Å². The molecule has 2 aromatic rings. The summed E-state index contributed by atoms with van der Waals surface area (Å²) in [6.07, 6.45) is -0.611. The second-order valence-electron chi connectivity index (χ2n) is 8.81. The summed E-state index contributed by atoms with van der Waals surface area (Å²) in [5.74, 6) is -0.347. The first-order valence-corrected chi connectivity index (χ1v) is 12.9. The zero-order valence-electron chi connectivity index (χ0n) is 18.3. The molecule has 0 saturated heterocycles. The van der Waals surface area contributed by atoms with Gasteiger partial charge in [0.1, 0.15) is 18.4 Å². The predicted octanol–water partition coefficient (Wildman–Crippen LogP) is 4.99. The van der Waals surface area contributed by atoms with E-state index >= 15 is 0 Å². The molecule has 0 radical (unpaired) electrons. The number of hydrogen-bond acceptors (Lipinski definition) is 4. The molecule has 162 valence electrons. The van der Waals surface area contributed by atoms with E-state index in [0.29, 0.717) is 0 Å². The first-order chi connectivity index (χ1) is 14.0.